The number of hydrogen-bond acceptors (Lipinski definition) is 2. The fourth-order valence-corrected chi connectivity index (χ4v) is 7.25. The molecule has 4 saturated carbocycles. The van der Waals surface area contributed by atoms with Crippen molar-refractivity contribution in [3.63, 3.8) is 0 Å². The second-order valence-corrected chi connectivity index (χ2v) is 8.71. The van der Waals surface area contributed by atoms with Crippen LogP contribution < -0.4 is 0 Å². The number of nitrogens with zero attached hydrogens (tertiary/aromatic N) is 1. The van der Waals surface area contributed by atoms with Gasteiger partial charge in [0.15, 0.2) is 0 Å². The van der Waals surface area contributed by atoms with Crippen molar-refractivity contribution >= 4 is 0 Å². The topological polar surface area (TPSA) is 23.5 Å². The lowest BCUT2D eigenvalue weighted by atomic mass is 9.47. The normalized spacial score (nSPS) is 60.2. The molecule has 4 fully saturated rings. The quantitative estimate of drug-likeness (QED) is 0.831. The molecule has 5 atom stereocenters. The van der Waals surface area contributed by atoms with Gasteiger partial charge in [0, 0.05) is 12.1 Å². The Morgan fingerprint density at radius 2 is 1.89 bits per heavy atom. The maximum atomic E-state index is 9.30. The average molecular weight is 249 g/mol. The summed E-state index contributed by atoms with van der Waals surface area (Å²) in [5.41, 5.74) is 2.32. The molecule has 1 spiro atoms. The van der Waals surface area contributed by atoms with Crippen LogP contribution in [0.5, 0.6) is 0 Å². The monoisotopic (exact) mass is 249 g/mol. The van der Waals surface area contributed by atoms with Crippen molar-refractivity contribution in [2.24, 2.45) is 22.2 Å². The van der Waals surface area contributed by atoms with Gasteiger partial charge in [-0.25, -0.2) is 0 Å². The number of β-amino-alcohol motifs (C(OH)–C–C–N with tert-alkyl or cyclic N) is 1. The zero-order chi connectivity index (χ0) is 12.8. The third kappa shape index (κ3) is 1.06. The SMILES string of the molecule is CN(CCO)C12CC3(C)CC4CC(C)(C1)C4(C3)C2. The highest BCUT2D eigenvalue weighted by molar-refractivity contribution is 5.30. The van der Waals surface area contributed by atoms with Crippen molar-refractivity contribution in [2.45, 2.75) is 57.9 Å². The van der Waals surface area contributed by atoms with Gasteiger partial charge in [-0.15, -0.1) is 0 Å². The Kier molecular flexibility index (Phi) is 1.94. The summed E-state index contributed by atoms with van der Waals surface area (Å²) in [7, 11) is 2.25. The Labute approximate surface area is 111 Å². The maximum Gasteiger partial charge on any atom is 0.0558 e. The number of hydrogen-bond donors (Lipinski definition) is 1. The number of aliphatic hydroxyl groups is 1. The van der Waals surface area contributed by atoms with Crippen molar-refractivity contribution in [3.8, 4) is 0 Å². The Hall–Kier alpha value is -0.0800. The first-order valence-electron chi connectivity index (χ1n) is 7.69. The van der Waals surface area contributed by atoms with Crippen LogP contribution in [-0.2, 0) is 0 Å². The molecule has 0 aliphatic heterocycles. The van der Waals surface area contributed by atoms with E-state index in [9.17, 15) is 5.11 Å². The van der Waals surface area contributed by atoms with Crippen LogP contribution in [0.15, 0.2) is 0 Å². The first-order valence-corrected chi connectivity index (χ1v) is 7.69. The van der Waals surface area contributed by atoms with Crippen LogP contribution in [0, 0.1) is 22.2 Å². The van der Waals surface area contributed by atoms with Crippen molar-refractivity contribution in [3.05, 3.63) is 0 Å². The van der Waals surface area contributed by atoms with Gasteiger partial charge in [-0.05, 0) is 67.7 Å². The molecule has 0 aromatic carbocycles. The summed E-state index contributed by atoms with van der Waals surface area (Å²) >= 11 is 0. The summed E-state index contributed by atoms with van der Waals surface area (Å²) in [6.07, 6.45) is 8.66. The van der Waals surface area contributed by atoms with E-state index in [-0.39, 0.29) is 0 Å². The number of aliphatic hydroxyl groups excluding tert-OH is 1. The molecule has 4 aliphatic carbocycles. The van der Waals surface area contributed by atoms with Crippen LogP contribution in [-0.4, -0.2) is 35.7 Å². The van der Waals surface area contributed by atoms with Crippen molar-refractivity contribution < 1.29 is 5.11 Å². The lowest BCUT2D eigenvalue weighted by Crippen LogP contribution is -2.51. The van der Waals surface area contributed by atoms with Gasteiger partial charge in [0.05, 0.1) is 6.61 Å². The molecule has 0 saturated heterocycles. The Balaban J connectivity index is 1.76. The molecule has 2 nitrogen and oxygen atoms in total. The van der Waals surface area contributed by atoms with Crippen LogP contribution in [0.2, 0.25) is 0 Å². The van der Waals surface area contributed by atoms with Crippen LogP contribution in [0.25, 0.3) is 0 Å². The molecule has 18 heavy (non-hydrogen) atoms. The second-order valence-electron chi connectivity index (χ2n) is 8.71. The van der Waals surface area contributed by atoms with Gasteiger partial charge in [-0.1, -0.05) is 13.8 Å². The first kappa shape index (κ1) is 11.7. The van der Waals surface area contributed by atoms with E-state index in [4.69, 9.17) is 0 Å². The van der Waals surface area contributed by atoms with Crippen LogP contribution in [0.4, 0.5) is 0 Å². The minimum absolute atomic E-state index is 0.308. The summed E-state index contributed by atoms with van der Waals surface area (Å²) in [5.74, 6) is 1.03. The van der Waals surface area contributed by atoms with E-state index >= 15 is 0 Å². The van der Waals surface area contributed by atoms with Gasteiger partial charge in [0.2, 0.25) is 0 Å². The highest BCUT2D eigenvalue weighted by Gasteiger charge is 2.78. The minimum Gasteiger partial charge on any atom is -0.395 e. The van der Waals surface area contributed by atoms with Gasteiger partial charge in [0.25, 0.3) is 0 Å². The molecule has 4 aliphatic rings. The van der Waals surface area contributed by atoms with E-state index in [2.05, 4.69) is 25.8 Å². The molecule has 0 aromatic heterocycles. The summed E-state index contributed by atoms with van der Waals surface area (Å²) < 4.78 is 0. The first-order chi connectivity index (χ1) is 8.37. The molecular formula is C16H27NO. The summed E-state index contributed by atoms with van der Waals surface area (Å²) in [6, 6.07) is 0. The summed E-state index contributed by atoms with van der Waals surface area (Å²) in [5, 5.41) is 9.30. The molecule has 1 N–H and O–H groups in total. The molecule has 0 heterocycles. The average Bonchev–Trinajstić information content (AvgIpc) is 2.52. The molecule has 0 aromatic rings. The Morgan fingerprint density at radius 1 is 1.11 bits per heavy atom. The fourth-order valence-electron chi connectivity index (χ4n) is 7.25. The van der Waals surface area contributed by atoms with E-state index in [1.54, 1.807) is 0 Å². The Bertz CT molecular complexity index is 406. The predicted octanol–water partition coefficient (Wildman–Crippen LogP) is 2.66. The van der Waals surface area contributed by atoms with E-state index in [0.717, 1.165) is 12.5 Å². The smallest absolute Gasteiger partial charge is 0.0558 e. The maximum absolute atomic E-state index is 9.30. The number of rotatable bonds is 3. The standard InChI is InChI=1S/C16H27NO/c1-13-6-12-7-14(2)10-15(8-13,17(3)4-5-18)11-16(12,14)9-13/h12,18H,4-11H2,1-3H3. The van der Waals surface area contributed by atoms with Crippen molar-refractivity contribution in [2.75, 3.05) is 20.2 Å². The summed E-state index contributed by atoms with van der Waals surface area (Å²) in [4.78, 5) is 2.51. The van der Waals surface area contributed by atoms with Crippen LogP contribution in [0.1, 0.15) is 52.4 Å². The zero-order valence-corrected chi connectivity index (χ0v) is 12.1. The molecule has 3 bridgehead atoms. The van der Waals surface area contributed by atoms with E-state index in [1.165, 1.54) is 38.5 Å². The van der Waals surface area contributed by atoms with Gasteiger partial charge in [-0.2, -0.15) is 0 Å². The van der Waals surface area contributed by atoms with Crippen LogP contribution in [0.3, 0.4) is 0 Å². The molecule has 102 valence electrons. The van der Waals surface area contributed by atoms with Gasteiger partial charge >= 0.3 is 0 Å². The lowest BCUT2D eigenvalue weighted by molar-refractivity contribution is -0.0874. The van der Waals surface area contributed by atoms with E-state index < -0.39 is 0 Å². The van der Waals surface area contributed by atoms with E-state index in [1.807, 2.05) is 0 Å². The van der Waals surface area contributed by atoms with Gasteiger partial charge < -0.3 is 5.11 Å². The van der Waals surface area contributed by atoms with Crippen molar-refractivity contribution in [1.29, 1.82) is 0 Å². The molecular weight excluding hydrogens is 222 g/mol. The number of fused-ring (bicyclic) bond motifs is 2. The van der Waals surface area contributed by atoms with Gasteiger partial charge in [-0.3, -0.25) is 4.90 Å². The van der Waals surface area contributed by atoms with E-state index in [0.29, 0.717) is 28.4 Å². The van der Waals surface area contributed by atoms with Crippen LogP contribution >= 0.6 is 0 Å². The fraction of sp³-hybridized carbons (Fsp3) is 1.00. The molecule has 0 amide bonds. The number of likely N-dealkylation sites (N-methyl/N-ethyl adjacent to an activating group) is 1. The lowest BCUT2D eigenvalue weighted by Gasteiger charge is -2.57. The highest BCUT2D eigenvalue weighted by Crippen LogP contribution is 2.85. The predicted molar refractivity (Wildman–Crippen MR) is 72.3 cm³/mol. The zero-order valence-electron chi connectivity index (χ0n) is 12.1. The Morgan fingerprint density at radius 3 is 2.61 bits per heavy atom. The van der Waals surface area contributed by atoms with Gasteiger partial charge in [0.1, 0.15) is 0 Å². The van der Waals surface area contributed by atoms with Crippen molar-refractivity contribution in [1.82, 2.24) is 4.90 Å². The highest BCUT2D eigenvalue weighted by atomic mass is 16.3. The molecule has 4 rings (SSSR count). The third-order valence-corrected chi connectivity index (χ3v) is 7.53. The molecule has 0 radical (unpaired) electrons. The summed E-state index contributed by atoms with van der Waals surface area (Å²) in [6.45, 7) is 6.27. The molecule has 2 heteroatoms. The second kappa shape index (κ2) is 2.98. The molecule has 5 unspecified atom stereocenters. The third-order valence-electron chi connectivity index (χ3n) is 7.53. The largest absolute Gasteiger partial charge is 0.395 e. The minimum atomic E-state index is 0.308.